The van der Waals surface area contributed by atoms with E-state index >= 15 is 0 Å². The van der Waals surface area contributed by atoms with Crippen molar-refractivity contribution in [2.45, 2.75) is 26.3 Å². The Hall–Kier alpha value is -3.02. The number of benzene rings is 1. The van der Waals surface area contributed by atoms with Crippen LogP contribution in [-0.4, -0.2) is 29.1 Å². The summed E-state index contributed by atoms with van der Waals surface area (Å²) in [5.74, 6) is 0.771. The Labute approximate surface area is 153 Å². The predicted molar refractivity (Wildman–Crippen MR) is 102 cm³/mol. The number of hydrogen-bond acceptors (Lipinski definition) is 3. The Kier molecular flexibility index (Phi) is 5.41. The summed E-state index contributed by atoms with van der Waals surface area (Å²) in [5.41, 5.74) is 3.95. The normalized spacial score (nSPS) is 12.0. The molecule has 6 heteroatoms. The van der Waals surface area contributed by atoms with Crippen molar-refractivity contribution in [1.82, 2.24) is 20.0 Å². The zero-order valence-corrected chi connectivity index (χ0v) is 15.3. The highest BCUT2D eigenvalue weighted by Gasteiger charge is 2.14. The SMILES string of the molecule is COc1ccc(C)cc1C(C)NC(=O)NCCc1cn2ccccc2n1. The molecule has 0 spiro atoms. The lowest BCUT2D eigenvalue weighted by molar-refractivity contribution is 0.238. The molecule has 0 fully saturated rings. The third-order valence-electron chi connectivity index (χ3n) is 4.28. The number of rotatable bonds is 6. The van der Waals surface area contributed by atoms with Crippen molar-refractivity contribution >= 4 is 11.7 Å². The van der Waals surface area contributed by atoms with Crippen molar-refractivity contribution in [3.8, 4) is 5.75 Å². The molecule has 1 atom stereocenters. The number of urea groups is 1. The van der Waals surface area contributed by atoms with E-state index in [2.05, 4.69) is 15.6 Å². The molecule has 0 saturated heterocycles. The number of methoxy groups -OCH3 is 1. The minimum absolute atomic E-state index is 0.153. The van der Waals surface area contributed by atoms with E-state index in [-0.39, 0.29) is 12.1 Å². The van der Waals surface area contributed by atoms with Gasteiger partial charge in [-0.05, 0) is 32.0 Å². The molecule has 2 aromatic heterocycles. The van der Waals surface area contributed by atoms with Crippen LogP contribution in [0.1, 0.15) is 29.8 Å². The number of imidazole rings is 1. The Morgan fingerprint density at radius 2 is 2.15 bits per heavy atom. The molecule has 2 heterocycles. The molecular weight excluding hydrogens is 328 g/mol. The lowest BCUT2D eigenvalue weighted by Crippen LogP contribution is -2.38. The zero-order chi connectivity index (χ0) is 18.5. The molecule has 0 aliphatic heterocycles. The maximum absolute atomic E-state index is 12.2. The maximum Gasteiger partial charge on any atom is 0.315 e. The lowest BCUT2D eigenvalue weighted by atomic mass is 10.0. The van der Waals surface area contributed by atoms with Crippen molar-refractivity contribution in [3.05, 3.63) is 65.6 Å². The van der Waals surface area contributed by atoms with Gasteiger partial charge in [-0.3, -0.25) is 0 Å². The number of amides is 2. The summed E-state index contributed by atoms with van der Waals surface area (Å²) in [6.07, 6.45) is 4.62. The first-order chi connectivity index (χ1) is 12.6. The number of pyridine rings is 1. The molecule has 3 rings (SSSR count). The van der Waals surface area contributed by atoms with E-state index in [1.165, 1.54) is 0 Å². The highest BCUT2D eigenvalue weighted by atomic mass is 16.5. The summed E-state index contributed by atoms with van der Waals surface area (Å²) in [6, 6.07) is 11.5. The largest absolute Gasteiger partial charge is 0.496 e. The number of hydrogen-bond donors (Lipinski definition) is 2. The molecule has 0 bridgehead atoms. The van der Waals surface area contributed by atoms with Gasteiger partial charge in [-0.25, -0.2) is 9.78 Å². The molecule has 136 valence electrons. The molecule has 1 aromatic carbocycles. The van der Waals surface area contributed by atoms with Gasteiger partial charge in [0.05, 0.1) is 18.8 Å². The maximum atomic E-state index is 12.2. The molecule has 0 aliphatic rings. The minimum Gasteiger partial charge on any atom is -0.496 e. The van der Waals surface area contributed by atoms with Gasteiger partial charge in [-0.15, -0.1) is 0 Å². The second-order valence-corrected chi connectivity index (χ2v) is 6.32. The first-order valence-corrected chi connectivity index (χ1v) is 8.68. The molecule has 0 radical (unpaired) electrons. The predicted octanol–water partition coefficient (Wildman–Crippen LogP) is 3.25. The van der Waals surface area contributed by atoms with Crippen molar-refractivity contribution in [2.75, 3.05) is 13.7 Å². The summed E-state index contributed by atoms with van der Waals surface area (Å²) >= 11 is 0. The van der Waals surface area contributed by atoms with Gasteiger partial charge in [0.25, 0.3) is 0 Å². The monoisotopic (exact) mass is 352 g/mol. The van der Waals surface area contributed by atoms with Crippen LogP contribution in [0.5, 0.6) is 5.75 Å². The van der Waals surface area contributed by atoms with Gasteiger partial charge >= 0.3 is 6.03 Å². The molecule has 3 aromatic rings. The Balaban J connectivity index is 1.53. The van der Waals surface area contributed by atoms with Crippen LogP contribution in [0.15, 0.2) is 48.8 Å². The van der Waals surface area contributed by atoms with E-state index in [1.807, 2.05) is 67.0 Å². The molecule has 2 N–H and O–H groups in total. The quantitative estimate of drug-likeness (QED) is 0.715. The Morgan fingerprint density at radius 1 is 1.31 bits per heavy atom. The van der Waals surface area contributed by atoms with Crippen LogP contribution >= 0.6 is 0 Å². The molecule has 26 heavy (non-hydrogen) atoms. The first-order valence-electron chi connectivity index (χ1n) is 8.68. The fourth-order valence-electron chi connectivity index (χ4n) is 2.93. The van der Waals surface area contributed by atoms with Crippen molar-refractivity contribution in [2.24, 2.45) is 0 Å². The van der Waals surface area contributed by atoms with E-state index in [1.54, 1.807) is 7.11 Å². The van der Waals surface area contributed by atoms with Crippen LogP contribution in [0.2, 0.25) is 0 Å². The fraction of sp³-hybridized carbons (Fsp3) is 0.300. The van der Waals surface area contributed by atoms with E-state index < -0.39 is 0 Å². The third kappa shape index (κ3) is 4.14. The van der Waals surface area contributed by atoms with Crippen LogP contribution < -0.4 is 15.4 Å². The third-order valence-corrected chi connectivity index (χ3v) is 4.28. The number of nitrogens with zero attached hydrogens (tertiary/aromatic N) is 2. The number of nitrogens with one attached hydrogen (secondary N) is 2. The number of aryl methyl sites for hydroxylation is 1. The average Bonchev–Trinajstić information content (AvgIpc) is 3.04. The summed E-state index contributed by atoms with van der Waals surface area (Å²) in [6.45, 7) is 4.48. The molecule has 0 aliphatic carbocycles. The van der Waals surface area contributed by atoms with Crippen molar-refractivity contribution in [3.63, 3.8) is 0 Å². The lowest BCUT2D eigenvalue weighted by Gasteiger charge is -2.18. The van der Waals surface area contributed by atoms with Gasteiger partial charge in [0.1, 0.15) is 11.4 Å². The highest BCUT2D eigenvalue weighted by Crippen LogP contribution is 2.25. The summed E-state index contributed by atoms with van der Waals surface area (Å²) < 4.78 is 7.36. The Bertz CT molecular complexity index is 871. The van der Waals surface area contributed by atoms with E-state index in [0.717, 1.165) is 28.2 Å². The van der Waals surface area contributed by atoms with Gasteiger partial charge in [-0.2, -0.15) is 0 Å². The van der Waals surface area contributed by atoms with Gasteiger partial charge in [0, 0.05) is 30.9 Å². The van der Waals surface area contributed by atoms with Gasteiger partial charge in [0.15, 0.2) is 0 Å². The number of ether oxygens (including phenoxy) is 1. The molecule has 1 unspecified atom stereocenters. The Morgan fingerprint density at radius 3 is 2.92 bits per heavy atom. The van der Waals surface area contributed by atoms with Gasteiger partial charge in [0.2, 0.25) is 0 Å². The molecule has 2 amide bonds. The zero-order valence-electron chi connectivity index (χ0n) is 15.3. The summed E-state index contributed by atoms with van der Waals surface area (Å²) in [4.78, 5) is 16.7. The average molecular weight is 352 g/mol. The smallest absolute Gasteiger partial charge is 0.315 e. The van der Waals surface area contributed by atoms with E-state index in [4.69, 9.17) is 4.74 Å². The summed E-state index contributed by atoms with van der Waals surface area (Å²) in [5, 5.41) is 5.84. The van der Waals surface area contributed by atoms with Crippen LogP contribution in [0, 0.1) is 6.92 Å². The van der Waals surface area contributed by atoms with E-state index in [0.29, 0.717) is 13.0 Å². The highest BCUT2D eigenvalue weighted by molar-refractivity contribution is 5.74. The van der Waals surface area contributed by atoms with E-state index in [9.17, 15) is 4.79 Å². The molecule has 0 saturated carbocycles. The van der Waals surface area contributed by atoms with Crippen molar-refractivity contribution < 1.29 is 9.53 Å². The topological polar surface area (TPSA) is 67.7 Å². The van der Waals surface area contributed by atoms with Gasteiger partial charge in [-0.1, -0.05) is 23.8 Å². The standard InChI is InChI=1S/C20H24N4O2/c1-14-7-8-18(26-3)17(12-14)15(2)22-20(25)21-10-9-16-13-24-11-5-4-6-19(24)23-16/h4-8,11-13,15H,9-10H2,1-3H3,(H2,21,22,25). The number of fused-ring (bicyclic) bond motifs is 1. The number of carbonyl (C=O) groups excluding carboxylic acids is 1. The summed E-state index contributed by atoms with van der Waals surface area (Å²) in [7, 11) is 1.63. The minimum atomic E-state index is -0.204. The fourth-order valence-corrected chi connectivity index (χ4v) is 2.93. The van der Waals surface area contributed by atoms with Crippen LogP contribution in [0.4, 0.5) is 4.79 Å². The number of aromatic nitrogens is 2. The van der Waals surface area contributed by atoms with Crippen LogP contribution in [0.3, 0.4) is 0 Å². The first kappa shape index (κ1) is 17.8. The van der Waals surface area contributed by atoms with Crippen molar-refractivity contribution in [1.29, 1.82) is 0 Å². The van der Waals surface area contributed by atoms with Crippen LogP contribution in [0.25, 0.3) is 5.65 Å². The van der Waals surface area contributed by atoms with Gasteiger partial charge < -0.3 is 19.8 Å². The molecule has 6 nitrogen and oxygen atoms in total. The second-order valence-electron chi connectivity index (χ2n) is 6.32. The van der Waals surface area contributed by atoms with Crippen LogP contribution in [-0.2, 0) is 6.42 Å². The second kappa shape index (κ2) is 7.91. The molecular formula is C20H24N4O2. The number of carbonyl (C=O) groups is 1.